The molecule has 108 valence electrons. The molecule has 1 N–H and O–H groups in total. The summed E-state index contributed by atoms with van der Waals surface area (Å²) < 4.78 is 14.0. The van der Waals surface area contributed by atoms with E-state index in [0.717, 1.165) is 29.4 Å². The topological polar surface area (TPSA) is 12.0 Å². The number of nitrogens with one attached hydrogen (secondary N) is 1. The zero-order valence-corrected chi connectivity index (χ0v) is 14.2. The normalized spacial score (nSPS) is 12.6. The van der Waals surface area contributed by atoms with Crippen molar-refractivity contribution in [1.29, 1.82) is 0 Å². The van der Waals surface area contributed by atoms with Gasteiger partial charge >= 0.3 is 0 Å². The van der Waals surface area contributed by atoms with Crippen molar-refractivity contribution in [3.8, 4) is 0 Å². The van der Waals surface area contributed by atoms with Crippen molar-refractivity contribution >= 4 is 27.3 Å². The Bertz CT molecular complexity index is 567. The average Bonchev–Trinajstić information content (AvgIpc) is 2.90. The van der Waals surface area contributed by atoms with Crippen molar-refractivity contribution in [2.24, 2.45) is 0 Å². The SMILES string of the molecule is CCNC(Cc1ccc(F)cc1Br)c1ccc(CC)s1. The van der Waals surface area contributed by atoms with Crippen LogP contribution in [0.3, 0.4) is 0 Å². The van der Waals surface area contributed by atoms with Gasteiger partial charge in [0.1, 0.15) is 5.82 Å². The van der Waals surface area contributed by atoms with E-state index in [4.69, 9.17) is 0 Å². The average molecular weight is 356 g/mol. The number of hydrogen-bond donors (Lipinski definition) is 1. The Balaban J connectivity index is 2.20. The third-order valence-electron chi connectivity index (χ3n) is 3.26. The van der Waals surface area contributed by atoms with Crippen molar-refractivity contribution in [3.63, 3.8) is 0 Å². The number of benzene rings is 1. The summed E-state index contributed by atoms with van der Waals surface area (Å²) in [5.74, 6) is -0.204. The molecule has 0 aliphatic carbocycles. The molecule has 0 radical (unpaired) electrons. The first-order chi connectivity index (χ1) is 9.63. The van der Waals surface area contributed by atoms with E-state index in [1.54, 1.807) is 0 Å². The first-order valence-corrected chi connectivity index (χ1v) is 8.50. The fourth-order valence-electron chi connectivity index (χ4n) is 2.20. The Morgan fingerprint density at radius 3 is 2.65 bits per heavy atom. The molecule has 0 bridgehead atoms. The summed E-state index contributed by atoms with van der Waals surface area (Å²) in [5, 5.41) is 3.52. The van der Waals surface area contributed by atoms with Gasteiger partial charge in [0.15, 0.2) is 0 Å². The van der Waals surface area contributed by atoms with Crippen LogP contribution >= 0.6 is 27.3 Å². The predicted molar refractivity (Wildman–Crippen MR) is 87.9 cm³/mol. The van der Waals surface area contributed by atoms with Crippen LogP contribution in [0.5, 0.6) is 0 Å². The lowest BCUT2D eigenvalue weighted by Gasteiger charge is -2.17. The van der Waals surface area contributed by atoms with Crippen LogP contribution in [0.4, 0.5) is 4.39 Å². The molecule has 0 saturated heterocycles. The van der Waals surface area contributed by atoms with Crippen LogP contribution in [0.15, 0.2) is 34.8 Å². The Kier molecular flexibility index (Phi) is 5.75. The molecule has 0 spiro atoms. The molecular formula is C16H19BrFNS. The molecule has 0 amide bonds. The largest absolute Gasteiger partial charge is 0.309 e. The zero-order valence-electron chi connectivity index (χ0n) is 11.7. The molecule has 0 aliphatic heterocycles. The molecule has 0 saturated carbocycles. The summed E-state index contributed by atoms with van der Waals surface area (Å²) in [6.45, 7) is 5.21. The van der Waals surface area contributed by atoms with E-state index in [2.05, 4.69) is 47.2 Å². The van der Waals surface area contributed by atoms with E-state index in [9.17, 15) is 4.39 Å². The minimum atomic E-state index is -0.204. The van der Waals surface area contributed by atoms with Crippen molar-refractivity contribution in [3.05, 3.63) is 55.9 Å². The van der Waals surface area contributed by atoms with E-state index in [-0.39, 0.29) is 11.9 Å². The second-order valence-electron chi connectivity index (χ2n) is 4.71. The number of halogens is 2. The van der Waals surface area contributed by atoms with Crippen LogP contribution in [0.25, 0.3) is 0 Å². The van der Waals surface area contributed by atoms with Gasteiger partial charge in [-0.15, -0.1) is 11.3 Å². The fourth-order valence-corrected chi connectivity index (χ4v) is 3.74. The minimum absolute atomic E-state index is 0.204. The van der Waals surface area contributed by atoms with Crippen molar-refractivity contribution in [1.82, 2.24) is 5.32 Å². The summed E-state index contributed by atoms with van der Waals surface area (Å²) >= 11 is 5.31. The van der Waals surface area contributed by atoms with E-state index in [1.165, 1.54) is 21.9 Å². The highest BCUT2D eigenvalue weighted by atomic mass is 79.9. The highest BCUT2D eigenvalue weighted by Gasteiger charge is 2.15. The third kappa shape index (κ3) is 3.90. The van der Waals surface area contributed by atoms with E-state index in [0.29, 0.717) is 0 Å². The smallest absolute Gasteiger partial charge is 0.124 e. The van der Waals surface area contributed by atoms with Crippen molar-refractivity contribution < 1.29 is 4.39 Å². The van der Waals surface area contributed by atoms with Crippen LogP contribution in [-0.4, -0.2) is 6.54 Å². The number of aryl methyl sites for hydroxylation is 1. The monoisotopic (exact) mass is 355 g/mol. The van der Waals surface area contributed by atoms with Gasteiger partial charge in [-0.2, -0.15) is 0 Å². The summed E-state index contributed by atoms with van der Waals surface area (Å²) in [4.78, 5) is 2.75. The second kappa shape index (κ2) is 7.34. The van der Waals surface area contributed by atoms with Crippen LogP contribution < -0.4 is 5.32 Å². The van der Waals surface area contributed by atoms with Crippen LogP contribution in [0, 0.1) is 5.82 Å². The molecule has 1 aromatic heterocycles. The van der Waals surface area contributed by atoms with Crippen LogP contribution in [0.2, 0.25) is 0 Å². The fraction of sp³-hybridized carbons (Fsp3) is 0.375. The van der Waals surface area contributed by atoms with E-state index in [1.807, 2.05) is 17.4 Å². The first-order valence-electron chi connectivity index (χ1n) is 6.90. The lowest BCUT2D eigenvalue weighted by Crippen LogP contribution is -2.22. The predicted octanol–water partition coefficient (Wildman–Crippen LogP) is 5.11. The maximum atomic E-state index is 13.2. The Labute approximate surface area is 132 Å². The molecule has 1 atom stereocenters. The van der Waals surface area contributed by atoms with Gasteiger partial charge in [0.25, 0.3) is 0 Å². The molecule has 0 aliphatic rings. The van der Waals surface area contributed by atoms with Gasteiger partial charge in [-0.3, -0.25) is 0 Å². The molecule has 1 heterocycles. The van der Waals surface area contributed by atoms with Crippen molar-refractivity contribution in [2.45, 2.75) is 32.7 Å². The molecule has 20 heavy (non-hydrogen) atoms. The number of thiophene rings is 1. The summed E-state index contributed by atoms with van der Waals surface area (Å²) in [7, 11) is 0. The van der Waals surface area contributed by atoms with Gasteiger partial charge in [-0.05, 0) is 49.2 Å². The molecule has 2 aromatic rings. The minimum Gasteiger partial charge on any atom is -0.309 e. The quantitative estimate of drug-likeness (QED) is 0.759. The van der Waals surface area contributed by atoms with Gasteiger partial charge in [0, 0.05) is 20.3 Å². The first kappa shape index (κ1) is 15.7. The molecule has 1 nitrogen and oxygen atoms in total. The second-order valence-corrected chi connectivity index (χ2v) is 6.76. The molecule has 1 aromatic carbocycles. The maximum Gasteiger partial charge on any atom is 0.124 e. The van der Waals surface area contributed by atoms with Gasteiger partial charge in [-0.1, -0.05) is 35.8 Å². The third-order valence-corrected chi connectivity index (χ3v) is 5.35. The van der Waals surface area contributed by atoms with Gasteiger partial charge in [-0.25, -0.2) is 4.39 Å². The van der Waals surface area contributed by atoms with Crippen LogP contribution in [0.1, 0.15) is 35.2 Å². The highest BCUT2D eigenvalue weighted by Crippen LogP contribution is 2.29. The maximum absolute atomic E-state index is 13.2. The summed E-state index contributed by atoms with van der Waals surface area (Å²) in [6, 6.07) is 9.60. The molecule has 4 heteroatoms. The number of hydrogen-bond acceptors (Lipinski definition) is 2. The number of likely N-dealkylation sites (N-methyl/N-ethyl adjacent to an activating group) is 1. The molecular weight excluding hydrogens is 337 g/mol. The Morgan fingerprint density at radius 2 is 2.05 bits per heavy atom. The summed E-state index contributed by atoms with van der Waals surface area (Å²) in [5.41, 5.74) is 1.13. The van der Waals surface area contributed by atoms with E-state index >= 15 is 0 Å². The molecule has 2 rings (SSSR count). The van der Waals surface area contributed by atoms with Gasteiger partial charge in [0.2, 0.25) is 0 Å². The standard InChI is InChI=1S/C16H19BrFNS/c1-3-13-7-8-16(20-13)15(19-4-2)9-11-5-6-12(18)10-14(11)17/h5-8,10,15,19H,3-4,9H2,1-2H3. The lowest BCUT2D eigenvalue weighted by molar-refractivity contribution is 0.556. The highest BCUT2D eigenvalue weighted by molar-refractivity contribution is 9.10. The van der Waals surface area contributed by atoms with Crippen molar-refractivity contribution in [2.75, 3.05) is 6.54 Å². The lowest BCUT2D eigenvalue weighted by atomic mass is 10.0. The van der Waals surface area contributed by atoms with Crippen LogP contribution in [-0.2, 0) is 12.8 Å². The Hall–Kier alpha value is -0.710. The summed E-state index contributed by atoms with van der Waals surface area (Å²) in [6.07, 6.45) is 1.93. The molecule has 1 unspecified atom stereocenters. The van der Waals surface area contributed by atoms with Gasteiger partial charge in [0.05, 0.1) is 0 Å². The van der Waals surface area contributed by atoms with Gasteiger partial charge < -0.3 is 5.32 Å². The molecule has 0 fully saturated rings. The Morgan fingerprint density at radius 1 is 1.25 bits per heavy atom. The number of rotatable bonds is 6. The van der Waals surface area contributed by atoms with E-state index < -0.39 is 0 Å². The zero-order chi connectivity index (χ0) is 14.5.